The van der Waals surface area contributed by atoms with E-state index in [0.29, 0.717) is 0 Å². The number of hydrogen-bond donors (Lipinski definition) is 0. The van der Waals surface area contributed by atoms with E-state index in [1.165, 1.54) is 0 Å². The summed E-state index contributed by atoms with van der Waals surface area (Å²) in [7, 11) is 0. The highest BCUT2D eigenvalue weighted by Gasteiger charge is 2.71. The summed E-state index contributed by atoms with van der Waals surface area (Å²) in [6.07, 6.45) is 0.322. The van der Waals surface area contributed by atoms with Crippen LogP contribution in [0.4, 0.5) is 0 Å². The molecule has 25 heavy (non-hydrogen) atoms. The molecule has 0 aromatic heterocycles. The van der Waals surface area contributed by atoms with Crippen molar-refractivity contribution in [1.82, 2.24) is 0 Å². The Morgan fingerprint density at radius 1 is 1.16 bits per heavy atom. The van der Waals surface area contributed by atoms with E-state index in [1.54, 1.807) is 13.8 Å². The Morgan fingerprint density at radius 3 is 2.52 bits per heavy atom. The highest BCUT2D eigenvalue weighted by molar-refractivity contribution is 6.45. The molecule has 2 aliphatic rings. The van der Waals surface area contributed by atoms with Gasteiger partial charge in [0.15, 0.2) is 5.41 Å². The number of esters is 1. The summed E-state index contributed by atoms with van der Waals surface area (Å²) in [6, 6.07) is 9.17. The first-order valence-electron chi connectivity index (χ1n) is 8.53. The molecule has 0 spiro atoms. The average Bonchev–Trinajstić information content (AvgIpc) is 2.87. The molecule has 1 saturated carbocycles. The Labute approximate surface area is 146 Å². The van der Waals surface area contributed by atoms with Crippen molar-refractivity contribution in [3.8, 4) is 0 Å². The van der Waals surface area contributed by atoms with Crippen LogP contribution in [0.2, 0.25) is 0 Å². The third kappa shape index (κ3) is 2.39. The first kappa shape index (κ1) is 17.3. The summed E-state index contributed by atoms with van der Waals surface area (Å²) < 4.78 is 10.7. The summed E-state index contributed by atoms with van der Waals surface area (Å²) >= 11 is 0. The molecule has 0 radical (unpaired) electrons. The third-order valence-electron chi connectivity index (χ3n) is 4.96. The Hall–Kier alpha value is -2.50. The minimum Gasteiger partial charge on any atom is -0.476 e. The topological polar surface area (TPSA) is 82.0 Å². The van der Waals surface area contributed by atoms with Crippen LogP contribution in [0.15, 0.2) is 35.3 Å². The first-order valence-corrected chi connectivity index (χ1v) is 8.53. The largest absolute Gasteiger partial charge is 0.476 e. The number of rotatable bonds is 4. The van der Waals surface area contributed by atoms with Gasteiger partial charge in [-0.05, 0) is 25.8 Å². The number of hydrogen-bond acceptors (Lipinski definition) is 6. The van der Waals surface area contributed by atoms with Gasteiger partial charge in [0.1, 0.15) is 11.3 Å². The number of nitrogens with zero attached hydrogens (tertiary/aromatic N) is 1. The van der Waals surface area contributed by atoms with E-state index in [-0.39, 0.29) is 44.2 Å². The normalized spacial score (nSPS) is 28.3. The summed E-state index contributed by atoms with van der Waals surface area (Å²) in [5.41, 5.74) is -2.11. The van der Waals surface area contributed by atoms with Crippen LogP contribution in [0.5, 0.6) is 0 Å². The maximum absolute atomic E-state index is 13.2. The molecule has 1 heterocycles. The molecule has 0 N–H and O–H groups in total. The Morgan fingerprint density at radius 2 is 1.88 bits per heavy atom. The lowest BCUT2D eigenvalue weighted by Gasteiger charge is -2.43. The third-order valence-corrected chi connectivity index (χ3v) is 4.96. The molecule has 0 saturated heterocycles. The number of ether oxygens (including phenoxy) is 2. The van der Waals surface area contributed by atoms with Crippen molar-refractivity contribution in [2.45, 2.75) is 38.6 Å². The Bertz CT molecular complexity index is 741. The number of Topliss-reactive ketones (excluding diaryl/α,β-unsaturated/α-hetero) is 2. The molecule has 0 unspecified atom stereocenters. The van der Waals surface area contributed by atoms with E-state index < -0.39 is 22.7 Å². The first-order chi connectivity index (χ1) is 12.0. The number of benzene rings is 1. The predicted octanol–water partition coefficient (Wildman–Crippen LogP) is 2.20. The van der Waals surface area contributed by atoms with Crippen molar-refractivity contribution in [3.63, 3.8) is 0 Å². The molecule has 6 nitrogen and oxygen atoms in total. The maximum Gasteiger partial charge on any atom is 0.323 e. The lowest BCUT2D eigenvalue weighted by molar-refractivity contribution is -0.167. The lowest BCUT2D eigenvalue weighted by atomic mass is 9.58. The molecule has 3 rings (SSSR count). The van der Waals surface area contributed by atoms with Crippen LogP contribution in [0, 0.1) is 5.41 Å². The van der Waals surface area contributed by atoms with Gasteiger partial charge in [-0.15, -0.1) is 0 Å². The molecule has 1 aliphatic heterocycles. The summed E-state index contributed by atoms with van der Waals surface area (Å²) in [6.45, 7) is 3.79. The number of carbonyl (C=O) groups is 3. The zero-order valence-corrected chi connectivity index (χ0v) is 14.4. The van der Waals surface area contributed by atoms with Gasteiger partial charge in [-0.3, -0.25) is 14.4 Å². The molecule has 1 aliphatic carbocycles. The van der Waals surface area contributed by atoms with E-state index in [1.807, 2.05) is 30.3 Å². The molecule has 0 amide bonds. The number of aliphatic imine (C=N–C) groups is 1. The highest BCUT2D eigenvalue weighted by Crippen LogP contribution is 2.57. The fourth-order valence-electron chi connectivity index (χ4n) is 3.88. The van der Waals surface area contributed by atoms with Gasteiger partial charge in [-0.2, -0.15) is 0 Å². The standard InChI is InChI=1S/C19H21NO5/c1-3-24-16-15(22)18(17(23)25-4-2)12-14(21)10-11-19(18,20-16)13-8-6-5-7-9-13/h5-9H,3-4,10-12H2,1-2H3/t18-,19+/m0/s1. The van der Waals surface area contributed by atoms with Crippen molar-refractivity contribution in [1.29, 1.82) is 0 Å². The quantitative estimate of drug-likeness (QED) is 0.618. The second kappa shape index (κ2) is 6.43. The van der Waals surface area contributed by atoms with Crippen LogP contribution in [0.3, 0.4) is 0 Å². The van der Waals surface area contributed by atoms with Crippen LogP contribution in [0.1, 0.15) is 38.7 Å². The second-order valence-corrected chi connectivity index (χ2v) is 6.25. The van der Waals surface area contributed by atoms with Gasteiger partial charge in [0.05, 0.1) is 13.2 Å². The molecular formula is C19H21NO5. The van der Waals surface area contributed by atoms with Crippen molar-refractivity contribution in [2.24, 2.45) is 10.4 Å². The van der Waals surface area contributed by atoms with Gasteiger partial charge in [-0.25, -0.2) is 4.99 Å². The maximum atomic E-state index is 13.2. The average molecular weight is 343 g/mol. The summed E-state index contributed by atoms with van der Waals surface area (Å²) in [5, 5.41) is 0. The van der Waals surface area contributed by atoms with E-state index in [4.69, 9.17) is 9.47 Å². The minimum absolute atomic E-state index is 0.0888. The fourth-order valence-corrected chi connectivity index (χ4v) is 3.88. The zero-order valence-electron chi connectivity index (χ0n) is 14.4. The van der Waals surface area contributed by atoms with Crippen LogP contribution in [-0.4, -0.2) is 36.6 Å². The van der Waals surface area contributed by atoms with E-state index in [2.05, 4.69) is 4.99 Å². The molecule has 2 atom stereocenters. The summed E-state index contributed by atoms with van der Waals surface area (Å²) in [5.74, 6) is -1.48. The fraction of sp³-hybridized carbons (Fsp3) is 0.474. The van der Waals surface area contributed by atoms with Crippen LogP contribution < -0.4 is 0 Å². The molecule has 1 aromatic carbocycles. The van der Waals surface area contributed by atoms with Crippen molar-refractivity contribution >= 4 is 23.4 Å². The molecule has 132 valence electrons. The van der Waals surface area contributed by atoms with Gasteiger partial charge in [0.25, 0.3) is 5.90 Å². The molecular weight excluding hydrogens is 322 g/mol. The number of carbonyl (C=O) groups excluding carboxylic acids is 3. The van der Waals surface area contributed by atoms with Gasteiger partial charge >= 0.3 is 5.97 Å². The molecule has 6 heteroatoms. The number of ketones is 2. The van der Waals surface area contributed by atoms with Crippen molar-refractivity contribution in [3.05, 3.63) is 35.9 Å². The van der Waals surface area contributed by atoms with Gasteiger partial charge < -0.3 is 9.47 Å². The van der Waals surface area contributed by atoms with Gasteiger partial charge in [0, 0.05) is 12.8 Å². The molecule has 1 aromatic rings. The van der Waals surface area contributed by atoms with Gasteiger partial charge in [-0.1, -0.05) is 30.3 Å². The Kier molecular flexibility index (Phi) is 4.45. The highest BCUT2D eigenvalue weighted by atomic mass is 16.5. The van der Waals surface area contributed by atoms with Crippen molar-refractivity contribution < 1.29 is 23.9 Å². The Balaban J connectivity index is 2.25. The molecule has 1 fully saturated rings. The minimum atomic E-state index is -1.68. The van der Waals surface area contributed by atoms with E-state index in [9.17, 15) is 14.4 Å². The van der Waals surface area contributed by atoms with Crippen LogP contribution in [0.25, 0.3) is 0 Å². The second-order valence-electron chi connectivity index (χ2n) is 6.25. The zero-order chi connectivity index (χ0) is 18.1. The van der Waals surface area contributed by atoms with Gasteiger partial charge in [0.2, 0.25) is 5.78 Å². The predicted molar refractivity (Wildman–Crippen MR) is 90.1 cm³/mol. The van der Waals surface area contributed by atoms with E-state index >= 15 is 0 Å². The van der Waals surface area contributed by atoms with Crippen molar-refractivity contribution in [2.75, 3.05) is 13.2 Å². The summed E-state index contributed by atoms with van der Waals surface area (Å²) in [4.78, 5) is 43.0. The molecule has 0 bridgehead atoms. The van der Waals surface area contributed by atoms with Crippen LogP contribution >= 0.6 is 0 Å². The number of fused-ring (bicyclic) bond motifs is 1. The van der Waals surface area contributed by atoms with E-state index in [0.717, 1.165) is 5.56 Å². The smallest absolute Gasteiger partial charge is 0.323 e. The lowest BCUT2D eigenvalue weighted by Crippen LogP contribution is -2.56. The van der Waals surface area contributed by atoms with Crippen LogP contribution in [-0.2, 0) is 29.4 Å². The monoisotopic (exact) mass is 343 g/mol. The SMILES string of the molecule is CCOC(=O)[C@@]12CC(=O)CC[C@]1(c1ccccc1)N=C(OCC)C2=O.